The van der Waals surface area contributed by atoms with E-state index in [0.717, 1.165) is 6.26 Å². The minimum Gasteiger partial charge on any atom is -0.243 e. The highest BCUT2D eigenvalue weighted by atomic mass is 35.5. The summed E-state index contributed by atoms with van der Waals surface area (Å²) in [7, 11) is -3.28. The van der Waals surface area contributed by atoms with Crippen LogP contribution in [0.15, 0.2) is 23.4 Å². The molecule has 0 amide bonds. The second kappa shape index (κ2) is 2.79. The second-order valence-electron chi connectivity index (χ2n) is 2.06. The van der Waals surface area contributed by atoms with Gasteiger partial charge in [0.1, 0.15) is 0 Å². The molecule has 0 aliphatic carbocycles. The number of halogens is 1. The zero-order valence-electron chi connectivity index (χ0n) is 5.78. The molecule has 3 nitrogen and oxygen atoms in total. The Bertz CT molecular complexity index is 361. The highest BCUT2D eigenvalue weighted by Gasteiger charge is 2.11. The van der Waals surface area contributed by atoms with E-state index in [9.17, 15) is 8.42 Å². The van der Waals surface area contributed by atoms with Crippen LogP contribution in [0.5, 0.6) is 0 Å². The van der Waals surface area contributed by atoms with Gasteiger partial charge in [0.15, 0.2) is 14.9 Å². The summed E-state index contributed by atoms with van der Waals surface area (Å²) in [6, 6.07) is 3.07. The van der Waals surface area contributed by atoms with Crippen LogP contribution in [0.4, 0.5) is 0 Å². The van der Waals surface area contributed by atoms with E-state index < -0.39 is 9.84 Å². The third kappa shape index (κ3) is 1.91. The fraction of sp³-hybridized carbons (Fsp3) is 0.167. The monoisotopic (exact) mass is 191 g/mol. The fourth-order valence-corrected chi connectivity index (χ4v) is 1.86. The van der Waals surface area contributed by atoms with E-state index in [4.69, 9.17) is 11.6 Å². The van der Waals surface area contributed by atoms with Crippen molar-refractivity contribution in [2.45, 2.75) is 5.03 Å². The lowest BCUT2D eigenvalue weighted by Crippen LogP contribution is -2.00. The number of hydrogen-bond acceptors (Lipinski definition) is 3. The molecule has 1 aromatic rings. The lowest BCUT2D eigenvalue weighted by molar-refractivity contribution is 0.598. The summed E-state index contributed by atoms with van der Waals surface area (Å²) in [6.45, 7) is 0. The molecular weight excluding hydrogens is 186 g/mol. The van der Waals surface area contributed by atoms with Gasteiger partial charge in [0, 0.05) is 12.5 Å². The van der Waals surface area contributed by atoms with Crippen molar-refractivity contribution in [2.75, 3.05) is 6.26 Å². The van der Waals surface area contributed by atoms with Gasteiger partial charge in [-0.15, -0.1) is 0 Å². The predicted molar refractivity (Wildman–Crippen MR) is 42.4 cm³/mol. The number of aromatic nitrogens is 1. The maximum atomic E-state index is 10.9. The molecule has 0 bridgehead atoms. The fourth-order valence-electron chi connectivity index (χ4n) is 0.644. The molecule has 0 unspecified atom stereocenters. The Balaban J connectivity index is 3.37. The summed E-state index contributed by atoms with van der Waals surface area (Å²) in [6.07, 6.45) is 2.46. The van der Waals surface area contributed by atoms with Gasteiger partial charge in [-0.2, -0.15) is 0 Å². The van der Waals surface area contributed by atoms with Crippen molar-refractivity contribution in [3.63, 3.8) is 0 Å². The van der Waals surface area contributed by atoms with Gasteiger partial charge in [0.2, 0.25) is 0 Å². The van der Waals surface area contributed by atoms with Gasteiger partial charge >= 0.3 is 0 Å². The first-order valence-corrected chi connectivity index (χ1v) is 5.09. The molecule has 0 N–H and O–H groups in total. The molecule has 1 aromatic heterocycles. The Morgan fingerprint density at radius 3 is 2.55 bits per heavy atom. The summed E-state index contributed by atoms with van der Waals surface area (Å²) < 4.78 is 21.8. The first-order valence-electron chi connectivity index (χ1n) is 2.82. The average molecular weight is 192 g/mol. The van der Waals surface area contributed by atoms with Crippen LogP contribution in [0, 0.1) is 0 Å². The lowest BCUT2D eigenvalue weighted by atomic mass is 10.5. The van der Waals surface area contributed by atoms with Crippen LogP contribution in [0.25, 0.3) is 0 Å². The van der Waals surface area contributed by atoms with Gasteiger partial charge in [-0.1, -0.05) is 11.6 Å². The first-order chi connectivity index (χ1) is 5.02. The highest BCUT2D eigenvalue weighted by Crippen LogP contribution is 2.16. The van der Waals surface area contributed by atoms with Crippen molar-refractivity contribution in [2.24, 2.45) is 0 Å². The summed E-state index contributed by atoms with van der Waals surface area (Å²) in [4.78, 5) is 3.63. The van der Waals surface area contributed by atoms with Gasteiger partial charge < -0.3 is 0 Å². The van der Waals surface area contributed by atoms with Gasteiger partial charge in [-0.25, -0.2) is 13.4 Å². The van der Waals surface area contributed by atoms with Crippen LogP contribution in [0.3, 0.4) is 0 Å². The standard InChI is InChI=1S/C6H6ClNO2S/c1-11(9,10)6-5(7)3-2-4-8-6/h2-4H,1H3. The SMILES string of the molecule is CS(=O)(=O)c1ncccc1Cl. The third-order valence-electron chi connectivity index (χ3n) is 1.08. The van der Waals surface area contributed by atoms with E-state index in [2.05, 4.69) is 4.98 Å². The van der Waals surface area contributed by atoms with Crippen LogP contribution in [-0.2, 0) is 9.84 Å². The molecule has 0 saturated heterocycles. The first kappa shape index (κ1) is 8.49. The number of hydrogen-bond donors (Lipinski definition) is 0. The highest BCUT2D eigenvalue weighted by molar-refractivity contribution is 7.90. The second-order valence-corrected chi connectivity index (χ2v) is 4.40. The Kier molecular flexibility index (Phi) is 2.15. The number of rotatable bonds is 1. The molecule has 0 aromatic carbocycles. The number of sulfone groups is 1. The van der Waals surface area contributed by atoms with Crippen molar-refractivity contribution in [3.8, 4) is 0 Å². The Labute approximate surface area is 69.9 Å². The molecule has 5 heteroatoms. The topological polar surface area (TPSA) is 47.0 Å². The minimum atomic E-state index is -3.28. The normalized spacial score (nSPS) is 11.5. The average Bonchev–Trinajstić information content (AvgIpc) is 1.86. The quantitative estimate of drug-likeness (QED) is 0.669. The molecule has 0 radical (unpaired) electrons. The van der Waals surface area contributed by atoms with E-state index >= 15 is 0 Å². The molecule has 0 aliphatic rings. The molecule has 60 valence electrons. The summed E-state index contributed by atoms with van der Waals surface area (Å²) in [5.74, 6) is 0. The Hall–Kier alpha value is -0.610. The summed E-state index contributed by atoms with van der Waals surface area (Å²) in [5, 5.41) is 0.0941. The molecule has 1 rings (SSSR count). The molecular formula is C6H6ClNO2S. The third-order valence-corrected chi connectivity index (χ3v) is 2.52. The van der Waals surface area contributed by atoms with E-state index in [0.29, 0.717) is 0 Å². The van der Waals surface area contributed by atoms with Gasteiger partial charge in [-0.3, -0.25) is 0 Å². The molecule has 0 spiro atoms. The van der Waals surface area contributed by atoms with Crippen molar-refractivity contribution >= 4 is 21.4 Å². The summed E-state index contributed by atoms with van der Waals surface area (Å²) >= 11 is 5.57. The van der Waals surface area contributed by atoms with Gasteiger partial charge in [-0.05, 0) is 12.1 Å². The molecule has 0 saturated carbocycles. The van der Waals surface area contributed by atoms with Crippen LogP contribution < -0.4 is 0 Å². The van der Waals surface area contributed by atoms with Crippen molar-refractivity contribution in [1.82, 2.24) is 4.98 Å². The summed E-state index contributed by atoms with van der Waals surface area (Å²) in [5.41, 5.74) is 0. The lowest BCUT2D eigenvalue weighted by Gasteiger charge is -1.97. The maximum Gasteiger partial charge on any atom is 0.194 e. The van der Waals surface area contributed by atoms with Crippen LogP contribution in [-0.4, -0.2) is 19.7 Å². The van der Waals surface area contributed by atoms with Gasteiger partial charge in [0.05, 0.1) is 5.02 Å². The maximum absolute atomic E-state index is 10.9. The zero-order valence-corrected chi connectivity index (χ0v) is 7.35. The Morgan fingerprint density at radius 1 is 1.55 bits per heavy atom. The zero-order chi connectivity index (χ0) is 8.48. The number of pyridine rings is 1. The van der Waals surface area contributed by atoms with Gasteiger partial charge in [0.25, 0.3) is 0 Å². The molecule has 0 atom stereocenters. The van der Waals surface area contributed by atoms with Crippen molar-refractivity contribution in [1.29, 1.82) is 0 Å². The van der Waals surface area contributed by atoms with E-state index in [1.807, 2.05) is 0 Å². The van der Waals surface area contributed by atoms with Crippen LogP contribution in [0.1, 0.15) is 0 Å². The van der Waals surface area contributed by atoms with E-state index in [1.54, 1.807) is 6.07 Å². The molecule has 1 heterocycles. The number of nitrogens with zero attached hydrogens (tertiary/aromatic N) is 1. The molecule has 11 heavy (non-hydrogen) atoms. The van der Waals surface area contributed by atoms with E-state index in [1.165, 1.54) is 12.3 Å². The predicted octanol–water partition coefficient (Wildman–Crippen LogP) is 1.14. The smallest absolute Gasteiger partial charge is 0.194 e. The van der Waals surface area contributed by atoms with Crippen LogP contribution >= 0.6 is 11.6 Å². The minimum absolute atomic E-state index is 0.0679. The molecule has 0 fully saturated rings. The van der Waals surface area contributed by atoms with Crippen LogP contribution in [0.2, 0.25) is 5.02 Å². The van der Waals surface area contributed by atoms with E-state index in [-0.39, 0.29) is 10.0 Å². The molecule has 0 aliphatic heterocycles. The van der Waals surface area contributed by atoms with Crippen molar-refractivity contribution < 1.29 is 8.42 Å². The van der Waals surface area contributed by atoms with Crippen molar-refractivity contribution in [3.05, 3.63) is 23.4 Å². The largest absolute Gasteiger partial charge is 0.243 e. The Morgan fingerprint density at radius 2 is 2.18 bits per heavy atom.